The van der Waals surface area contributed by atoms with Crippen LogP contribution in [0.4, 0.5) is 4.39 Å². The highest BCUT2D eigenvalue weighted by Crippen LogP contribution is 2.32. The molecule has 1 saturated heterocycles. The molecule has 2 amide bonds. The van der Waals surface area contributed by atoms with E-state index in [1.165, 1.54) is 28.8 Å². The van der Waals surface area contributed by atoms with Gasteiger partial charge in [0.25, 0.3) is 5.91 Å². The Balaban J connectivity index is 1.79. The maximum Gasteiger partial charge on any atom is 0.303 e. The molecule has 0 saturated carbocycles. The summed E-state index contributed by atoms with van der Waals surface area (Å²) in [6, 6.07) is 5.80. The minimum atomic E-state index is -0.896. The fraction of sp³-hybridized carbons (Fsp3) is 0.333. The summed E-state index contributed by atoms with van der Waals surface area (Å²) in [5.74, 6) is -1.66. The quantitative estimate of drug-likeness (QED) is 0.370. The van der Waals surface area contributed by atoms with Gasteiger partial charge in [0, 0.05) is 25.9 Å². The minimum Gasteiger partial charge on any atom is -0.481 e. The Morgan fingerprint density at radius 3 is 2.59 bits per heavy atom. The van der Waals surface area contributed by atoms with Crippen molar-refractivity contribution in [2.45, 2.75) is 25.7 Å². The molecule has 1 aromatic rings. The molecule has 0 unspecified atom stereocenters. The van der Waals surface area contributed by atoms with Crippen molar-refractivity contribution < 1.29 is 23.9 Å². The summed E-state index contributed by atoms with van der Waals surface area (Å²) < 4.78 is 13.4. The number of carbonyl (C=O) groups is 3. The molecule has 0 radical (unpaired) electrons. The summed E-state index contributed by atoms with van der Waals surface area (Å²) >= 11 is 6.41. The Bertz CT molecular complexity index is 765. The molecule has 27 heavy (non-hydrogen) atoms. The van der Waals surface area contributed by atoms with E-state index in [9.17, 15) is 18.8 Å². The van der Waals surface area contributed by atoms with Crippen LogP contribution in [-0.4, -0.2) is 45.2 Å². The Morgan fingerprint density at radius 1 is 1.22 bits per heavy atom. The van der Waals surface area contributed by atoms with Crippen LogP contribution in [0.2, 0.25) is 0 Å². The van der Waals surface area contributed by atoms with Gasteiger partial charge in [0.15, 0.2) is 0 Å². The number of thiocarbonyl (C=S) groups is 1. The van der Waals surface area contributed by atoms with E-state index < -0.39 is 5.97 Å². The van der Waals surface area contributed by atoms with Crippen LogP contribution in [0, 0.1) is 5.82 Å². The van der Waals surface area contributed by atoms with Gasteiger partial charge in [-0.2, -0.15) is 0 Å². The first kappa shape index (κ1) is 21.0. The second kappa shape index (κ2) is 10.2. The van der Waals surface area contributed by atoms with Gasteiger partial charge >= 0.3 is 5.97 Å². The van der Waals surface area contributed by atoms with Crippen molar-refractivity contribution >= 4 is 52.2 Å². The van der Waals surface area contributed by atoms with Crippen molar-refractivity contribution in [2.24, 2.45) is 0 Å². The van der Waals surface area contributed by atoms with Gasteiger partial charge < -0.3 is 10.4 Å². The van der Waals surface area contributed by atoms with Crippen molar-refractivity contribution in [3.8, 4) is 0 Å². The molecule has 0 aliphatic carbocycles. The zero-order valence-corrected chi connectivity index (χ0v) is 16.1. The van der Waals surface area contributed by atoms with Gasteiger partial charge in [-0.3, -0.25) is 19.3 Å². The van der Waals surface area contributed by atoms with E-state index in [2.05, 4.69) is 5.32 Å². The molecule has 2 rings (SSSR count). The highest BCUT2D eigenvalue weighted by molar-refractivity contribution is 8.26. The maximum absolute atomic E-state index is 13.0. The number of thioether (sulfide) groups is 1. The molecule has 0 atom stereocenters. The molecule has 0 bridgehead atoms. The van der Waals surface area contributed by atoms with Crippen LogP contribution in [0.1, 0.15) is 31.2 Å². The van der Waals surface area contributed by atoms with Crippen LogP contribution in [0.3, 0.4) is 0 Å². The fourth-order valence-corrected chi connectivity index (χ4v) is 3.67. The van der Waals surface area contributed by atoms with E-state index in [1.807, 2.05) is 0 Å². The molecule has 1 heterocycles. The van der Waals surface area contributed by atoms with E-state index in [1.54, 1.807) is 18.2 Å². The van der Waals surface area contributed by atoms with Crippen LogP contribution in [0.25, 0.3) is 6.08 Å². The number of benzene rings is 1. The average molecular weight is 410 g/mol. The van der Waals surface area contributed by atoms with E-state index in [-0.39, 0.29) is 30.5 Å². The molecule has 0 aromatic heterocycles. The van der Waals surface area contributed by atoms with Crippen molar-refractivity contribution in [3.05, 3.63) is 40.6 Å². The van der Waals surface area contributed by atoms with Crippen molar-refractivity contribution in [2.75, 3.05) is 13.1 Å². The summed E-state index contributed by atoms with van der Waals surface area (Å²) in [5, 5.41) is 11.2. The number of nitrogens with zero attached hydrogens (tertiary/aromatic N) is 1. The van der Waals surface area contributed by atoms with E-state index in [0.717, 1.165) is 0 Å². The topological polar surface area (TPSA) is 86.7 Å². The molecule has 6 nitrogen and oxygen atoms in total. The van der Waals surface area contributed by atoms with Crippen LogP contribution in [0.5, 0.6) is 0 Å². The minimum absolute atomic E-state index is 0.0111. The van der Waals surface area contributed by atoms with Gasteiger partial charge in [0.1, 0.15) is 10.1 Å². The number of rotatable bonds is 9. The summed E-state index contributed by atoms with van der Waals surface area (Å²) in [6.45, 7) is 0.639. The number of halogens is 1. The zero-order valence-electron chi connectivity index (χ0n) is 14.4. The average Bonchev–Trinajstić information content (AvgIpc) is 2.88. The third kappa shape index (κ3) is 6.76. The first-order valence-electron chi connectivity index (χ1n) is 8.36. The number of hydrogen-bond acceptors (Lipinski definition) is 5. The van der Waals surface area contributed by atoms with Gasteiger partial charge in [0.2, 0.25) is 5.91 Å². The second-order valence-corrected chi connectivity index (χ2v) is 7.51. The van der Waals surface area contributed by atoms with E-state index >= 15 is 0 Å². The number of carbonyl (C=O) groups excluding carboxylic acids is 2. The molecule has 1 aliphatic heterocycles. The molecule has 2 N–H and O–H groups in total. The molecule has 1 aliphatic rings. The number of amides is 2. The fourth-order valence-electron chi connectivity index (χ4n) is 2.36. The van der Waals surface area contributed by atoms with Crippen molar-refractivity contribution in [1.29, 1.82) is 0 Å². The Hall–Kier alpha value is -2.26. The first-order chi connectivity index (χ1) is 12.9. The number of aliphatic carboxylic acids is 1. The monoisotopic (exact) mass is 410 g/mol. The third-order valence-corrected chi connectivity index (χ3v) is 5.09. The predicted octanol–water partition coefficient (Wildman–Crippen LogP) is 2.79. The Morgan fingerprint density at radius 2 is 1.93 bits per heavy atom. The lowest BCUT2D eigenvalue weighted by molar-refractivity contribution is -0.137. The van der Waals surface area contributed by atoms with Gasteiger partial charge in [-0.25, -0.2) is 4.39 Å². The molecule has 9 heteroatoms. The van der Waals surface area contributed by atoms with E-state index in [0.29, 0.717) is 40.7 Å². The van der Waals surface area contributed by atoms with Crippen LogP contribution in [-0.2, 0) is 14.4 Å². The molecular formula is C18H19FN2O4S2. The number of carboxylic acid groups (broad SMARTS) is 1. The maximum atomic E-state index is 13.0. The van der Waals surface area contributed by atoms with Crippen molar-refractivity contribution in [3.63, 3.8) is 0 Å². The SMILES string of the molecule is O=C(O)CCCNC(=O)CCCN1C(=O)/C(=C/c2ccc(F)cc2)SC1=S. The number of nitrogens with one attached hydrogen (secondary N) is 1. The lowest BCUT2D eigenvalue weighted by Crippen LogP contribution is -2.31. The normalized spacial score (nSPS) is 15.4. The molecular weight excluding hydrogens is 391 g/mol. The summed E-state index contributed by atoms with van der Waals surface area (Å²) in [5.41, 5.74) is 0.706. The number of hydrogen-bond donors (Lipinski definition) is 2. The summed E-state index contributed by atoms with van der Waals surface area (Å²) in [4.78, 5) is 36.5. The molecule has 0 spiro atoms. The summed E-state index contributed by atoms with van der Waals surface area (Å²) in [6.07, 6.45) is 2.72. The number of carboxylic acids is 1. The third-order valence-electron chi connectivity index (χ3n) is 3.72. The van der Waals surface area contributed by atoms with E-state index in [4.69, 9.17) is 17.3 Å². The lowest BCUT2D eigenvalue weighted by Gasteiger charge is -2.14. The van der Waals surface area contributed by atoms with Gasteiger partial charge in [0.05, 0.1) is 4.91 Å². The summed E-state index contributed by atoms with van der Waals surface area (Å²) in [7, 11) is 0. The Labute approximate surface area is 165 Å². The molecule has 1 aromatic carbocycles. The van der Waals surface area contributed by atoms with Gasteiger partial charge in [-0.05, 0) is 36.6 Å². The standard InChI is InChI=1S/C18H19FN2O4S2/c19-13-7-5-12(6-8-13)11-14-17(25)21(18(26)27-14)10-2-3-15(22)20-9-1-4-16(23)24/h5-8,11H,1-4,9-10H2,(H,20,22)(H,23,24)/b14-11-. The van der Waals surface area contributed by atoms with Gasteiger partial charge in [-0.1, -0.05) is 36.1 Å². The zero-order chi connectivity index (χ0) is 19.8. The Kier molecular flexibility index (Phi) is 7.93. The lowest BCUT2D eigenvalue weighted by atomic mass is 10.2. The largest absolute Gasteiger partial charge is 0.481 e. The first-order valence-corrected chi connectivity index (χ1v) is 9.58. The molecule has 144 valence electrons. The van der Waals surface area contributed by atoms with Crippen LogP contribution < -0.4 is 5.32 Å². The molecule has 1 fully saturated rings. The highest BCUT2D eigenvalue weighted by Gasteiger charge is 2.31. The highest BCUT2D eigenvalue weighted by atomic mass is 32.2. The second-order valence-electron chi connectivity index (χ2n) is 5.84. The smallest absolute Gasteiger partial charge is 0.303 e. The predicted molar refractivity (Wildman–Crippen MR) is 105 cm³/mol. The van der Waals surface area contributed by atoms with Gasteiger partial charge in [-0.15, -0.1) is 0 Å². The van der Waals surface area contributed by atoms with Crippen LogP contribution >= 0.6 is 24.0 Å². The van der Waals surface area contributed by atoms with Crippen molar-refractivity contribution in [1.82, 2.24) is 10.2 Å². The van der Waals surface area contributed by atoms with Crippen LogP contribution in [0.15, 0.2) is 29.2 Å².